The number of halogens is 4. The van der Waals surface area contributed by atoms with E-state index in [2.05, 4.69) is 0 Å². The smallest absolute Gasteiger partial charge is 0.337 e. The molecule has 0 unspecified atom stereocenters. The maximum absolute atomic E-state index is 11.0. The first-order chi connectivity index (χ1) is 6.37. The fraction of sp³-hybridized carbons (Fsp3) is 0. The first-order valence-corrected chi connectivity index (χ1v) is 7.47. The lowest BCUT2D eigenvalue weighted by atomic mass is 10.2. The summed E-state index contributed by atoms with van der Waals surface area (Å²) < 4.78 is 2.34. The zero-order chi connectivity index (χ0) is 11.0. The third-order valence-corrected chi connectivity index (χ3v) is 7.78. The zero-order valence-corrected chi connectivity index (χ0v) is 14.9. The summed E-state index contributed by atoms with van der Waals surface area (Å²) in [6, 6.07) is 0. The molecule has 14 heavy (non-hydrogen) atoms. The summed E-state index contributed by atoms with van der Waals surface area (Å²) >= 11 is 7.75. The number of carboxylic acid groups (broad SMARTS) is 1. The zero-order valence-electron chi connectivity index (χ0n) is 6.31. The molecule has 0 amide bonds. The molecular formula is C7H2I4O3. The van der Waals surface area contributed by atoms with E-state index in [1.54, 1.807) is 0 Å². The van der Waals surface area contributed by atoms with E-state index in [1.165, 1.54) is 0 Å². The van der Waals surface area contributed by atoms with Crippen molar-refractivity contribution in [1.82, 2.24) is 0 Å². The van der Waals surface area contributed by atoms with E-state index in [9.17, 15) is 9.90 Å². The molecule has 1 rings (SSSR count). The molecule has 1 aromatic carbocycles. The minimum Gasteiger partial charge on any atom is -0.506 e. The van der Waals surface area contributed by atoms with E-state index in [-0.39, 0.29) is 11.3 Å². The minimum atomic E-state index is -0.963. The van der Waals surface area contributed by atoms with Crippen LogP contribution in [0.15, 0.2) is 0 Å². The molecule has 2 N–H and O–H groups in total. The van der Waals surface area contributed by atoms with Crippen molar-refractivity contribution in [3.8, 4) is 5.75 Å². The van der Waals surface area contributed by atoms with Gasteiger partial charge in [0.05, 0.1) is 12.7 Å². The summed E-state index contributed by atoms with van der Waals surface area (Å²) in [6.07, 6.45) is 0. The lowest BCUT2D eigenvalue weighted by Gasteiger charge is -2.09. The van der Waals surface area contributed by atoms with E-state index in [4.69, 9.17) is 5.11 Å². The largest absolute Gasteiger partial charge is 0.506 e. The minimum absolute atomic E-state index is 0.157. The standard InChI is InChI=1S/C7H2I4O3/c8-2-1(7(13)14)3(9)5(11)6(12)4(2)10/h12H,(H,13,14). The Morgan fingerprint density at radius 3 is 1.57 bits per heavy atom. The predicted octanol–water partition coefficient (Wildman–Crippen LogP) is 3.51. The number of phenols is 1. The van der Waals surface area contributed by atoms with Gasteiger partial charge in [0.15, 0.2) is 0 Å². The maximum atomic E-state index is 11.0. The second-order valence-electron chi connectivity index (χ2n) is 2.28. The monoisotopic (exact) mass is 642 g/mol. The summed E-state index contributed by atoms with van der Waals surface area (Å²) in [7, 11) is 0. The highest BCUT2D eigenvalue weighted by Crippen LogP contribution is 2.36. The van der Waals surface area contributed by atoms with Crippen molar-refractivity contribution in [3.05, 3.63) is 19.8 Å². The van der Waals surface area contributed by atoms with Crippen molar-refractivity contribution >= 4 is 96.3 Å². The van der Waals surface area contributed by atoms with Gasteiger partial charge in [-0.2, -0.15) is 0 Å². The van der Waals surface area contributed by atoms with Gasteiger partial charge in [-0.15, -0.1) is 0 Å². The molecule has 0 fully saturated rings. The number of phenolic OH excluding ortho intramolecular Hbond substituents is 1. The van der Waals surface area contributed by atoms with Gasteiger partial charge in [0.25, 0.3) is 0 Å². The van der Waals surface area contributed by atoms with Crippen LogP contribution in [0.4, 0.5) is 0 Å². The van der Waals surface area contributed by atoms with Gasteiger partial charge in [-0.05, 0) is 90.4 Å². The van der Waals surface area contributed by atoms with Crippen LogP contribution in [-0.4, -0.2) is 16.2 Å². The van der Waals surface area contributed by atoms with Gasteiger partial charge < -0.3 is 10.2 Å². The molecule has 0 aromatic heterocycles. The molecule has 7 heteroatoms. The molecule has 0 aliphatic heterocycles. The number of carboxylic acids is 1. The normalized spacial score (nSPS) is 10.3. The Hall–Kier alpha value is 1.41. The van der Waals surface area contributed by atoms with Gasteiger partial charge in [-0.25, -0.2) is 4.79 Å². The van der Waals surface area contributed by atoms with Crippen LogP contribution in [0.3, 0.4) is 0 Å². The van der Waals surface area contributed by atoms with E-state index >= 15 is 0 Å². The van der Waals surface area contributed by atoms with Crippen LogP contribution in [0.25, 0.3) is 0 Å². The number of aromatic hydroxyl groups is 1. The second kappa shape index (κ2) is 5.16. The van der Waals surface area contributed by atoms with Crippen LogP contribution < -0.4 is 0 Å². The molecule has 0 radical (unpaired) electrons. The van der Waals surface area contributed by atoms with Crippen molar-refractivity contribution in [3.63, 3.8) is 0 Å². The number of hydrogen-bond donors (Lipinski definition) is 2. The van der Waals surface area contributed by atoms with Gasteiger partial charge >= 0.3 is 5.97 Å². The Morgan fingerprint density at radius 2 is 1.29 bits per heavy atom. The summed E-state index contributed by atoms with van der Waals surface area (Å²) in [5.41, 5.74) is 0.262. The van der Waals surface area contributed by atoms with Crippen LogP contribution in [0.2, 0.25) is 0 Å². The molecule has 0 saturated heterocycles. The Bertz CT molecular complexity index is 387. The third-order valence-electron chi connectivity index (χ3n) is 1.45. The van der Waals surface area contributed by atoms with Crippen molar-refractivity contribution in [1.29, 1.82) is 0 Å². The summed E-state index contributed by atoms with van der Waals surface area (Å²) in [5, 5.41) is 18.6. The van der Waals surface area contributed by atoms with Crippen molar-refractivity contribution in [2.24, 2.45) is 0 Å². The molecule has 0 spiro atoms. The number of carbonyl (C=O) groups is 1. The molecular weight excluding hydrogens is 640 g/mol. The lowest BCUT2D eigenvalue weighted by Crippen LogP contribution is -2.07. The van der Waals surface area contributed by atoms with Gasteiger partial charge in [0.1, 0.15) is 5.75 Å². The van der Waals surface area contributed by atoms with E-state index < -0.39 is 5.97 Å². The quantitative estimate of drug-likeness (QED) is 0.365. The first-order valence-electron chi connectivity index (χ1n) is 3.16. The summed E-state index contributed by atoms with van der Waals surface area (Å²) in [6.45, 7) is 0. The SMILES string of the molecule is O=C(O)c1c(I)c(I)c(O)c(I)c1I. The van der Waals surface area contributed by atoms with Crippen molar-refractivity contribution in [2.75, 3.05) is 0 Å². The van der Waals surface area contributed by atoms with Gasteiger partial charge in [0, 0.05) is 7.14 Å². The third kappa shape index (κ3) is 2.39. The fourth-order valence-electron chi connectivity index (χ4n) is 0.808. The molecule has 1 aromatic rings. The molecule has 3 nitrogen and oxygen atoms in total. The van der Waals surface area contributed by atoms with E-state index in [0.29, 0.717) is 14.3 Å². The number of benzene rings is 1. The lowest BCUT2D eigenvalue weighted by molar-refractivity contribution is 0.0694. The van der Waals surface area contributed by atoms with Gasteiger partial charge in [0.2, 0.25) is 0 Å². The predicted molar refractivity (Wildman–Crippen MR) is 85.9 cm³/mol. The number of aromatic carboxylic acids is 1. The van der Waals surface area contributed by atoms with Crippen LogP contribution in [0.1, 0.15) is 10.4 Å². The molecule has 76 valence electrons. The highest BCUT2D eigenvalue weighted by molar-refractivity contribution is 14.1. The molecule has 0 bridgehead atoms. The molecule has 0 atom stereocenters. The van der Waals surface area contributed by atoms with Crippen LogP contribution in [0, 0.1) is 14.3 Å². The Morgan fingerprint density at radius 1 is 0.929 bits per heavy atom. The molecule has 0 heterocycles. The van der Waals surface area contributed by atoms with Gasteiger partial charge in [-0.3, -0.25) is 0 Å². The number of rotatable bonds is 1. The molecule has 0 aliphatic carbocycles. The van der Waals surface area contributed by atoms with Crippen LogP contribution >= 0.6 is 90.4 Å². The summed E-state index contributed by atoms with van der Waals surface area (Å²) in [5.74, 6) is -0.806. The molecule has 0 aliphatic rings. The maximum Gasteiger partial charge on any atom is 0.337 e. The second-order valence-corrected chi connectivity index (χ2v) is 6.60. The highest BCUT2D eigenvalue weighted by Gasteiger charge is 2.22. The topological polar surface area (TPSA) is 57.5 Å². The average Bonchev–Trinajstić information content (AvgIpc) is 2.11. The van der Waals surface area contributed by atoms with E-state index in [0.717, 1.165) is 0 Å². The van der Waals surface area contributed by atoms with Crippen molar-refractivity contribution in [2.45, 2.75) is 0 Å². The Balaban J connectivity index is 3.68. The van der Waals surface area contributed by atoms with Gasteiger partial charge in [-0.1, -0.05) is 0 Å². The Kier molecular flexibility index (Phi) is 4.97. The van der Waals surface area contributed by atoms with Crippen LogP contribution in [0.5, 0.6) is 5.75 Å². The molecule has 0 saturated carbocycles. The first kappa shape index (κ1) is 13.5. The van der Waals surface area contributed by atoms with E-state index in [1.807, 2.05) is 90.4 Å². The fourth-order valence-corrected chi connectivity index (χ4v) is 4.43. The highest BCUT2D eigenvalue weighted by atomic mass is 127. The number of hydrogen-bond acceptors (Lipinski definition) is 2. The Labute approximate surface area is 135 Å². The summed E-state index contributed by atoms with van der Waals surface area (Å²) in [4.78, 5) is 11.0. The van der Waals surface area contributed by atoms with Crippen LogP contribution in [-0.2, 0) is 0 Å². The van der Waals surface area contributed by atoms with Crippen molar-refractivity contribution < 1.29 is 15.0 Å². The average molecular weight is 642 g/mol.